The maximum atomic E-state index is 12.6. The van der Waals surface area contributed by atoms with Gasteiger partial charge in [0.25, 0.3) is 11.8 Å². The maximum absolute atomic E-state index is 12.6. The third kappa shape index (κ3) is 5.66. The van der Waals surface area contributed by atoms with Crippen LogP contribution in [0.5, 0.6) is 0 Å². The molecule has 0 radical (unpaired) electrons. The highest BCUT2D eigenvalue weighted by Crippen LogP contribution is 2.25. The number of ether oxygens (including phenoxy) is 1. The molecule has 0 spiro atoms. The number of anilines is 3. The Bertz CT molecular complexity index is 1050. The van der Waals surface area contributed by atoms with Crippen molar-refractivity contribution in [2.45, 2.75) is 0 Å². The third-order valence-electron chi connectivity index (χ3n) is 3.92. The zero-order chi connectivity index (χ0) is 21.5. The Morgan fingerprint density at radius 2 is 1.63 bits per heavy atom. The lowest BCUT2D eigenvalue weighted by molar-refractivity contribution is -0.119. The van der Waals surface area contributed by atoms with Crippen molar-refractivity contribution in [2.75, 3.05) is 29.7 Å². The smallest absolute Gasteiger partial charge is 0.265 e. The van der Waals surface area contributed by atoms with Gasteiger partial charge in [-0.2, -0.15) is 0 Å². The van der Waals surface area contributed by atoms with E-state index in [1.807, 2.05) is 0 Å². The number of thiophene rings is 1. The van der Waals surface area contributed by atoms with E-state index in [1.165, 1.54) is 24.5 Å². The van der Waals surface area contributed by atoms with Gasteiger partial charge in [0.15, 0.2) is 0 Å². The Hall–Kier alpha value is -3.20. The van der Waals surface area contributed by atoms with E-state index in [4.69, 9.17) is 16.3 Å². The molecule has 0 unspecified atom stereocenters. The van der Waals surface area contributed by atoms with Crippen molar-refractivity contribution in [3.05, 3.63) is 75.4 Å². The number of benzene rings is 2. The molecule has 154 valence electrons. The van der Waals surface area contributed by atoms with Crippen LogP contribution in [0, 0.1) is 0 Å². The van der Waals surface area contributed by atoms with Crippen LogP contribution in [0.25, 0.3) is 0 Å². The molecule has 0 aliphatic carbocycles. The van der Waals surface area contributed by atoms with Crippen molar-refractivity contribution in [3.63, 3.8) is 0 Å². The first-order valence-electron chi connectivity index (χ1n) is 8.81. The van der Waals surface area contributed by atoms with E-state index in [9.17, 15) is 14.4 Å². The van der Waals surface area contributed by atoms with Gasteiger partial charge < -0.3 is 20.7 Å². The van der Waals surface area contributed by atoms with Gasteiger partial charge >= 0.3 is 0 Å². The average Bonchev–Trinajstić information content (AvgIpc) is 3.26. The van der Waals surface area contributed by atoms with E-state index < -0.39 is 0 Å². The molecule has 0 atom stereocenters. The van der Waals surface area contributed by atoms with Crippen LogP contribution >= 0.6 is 22.9 Å². The normalized spacial score (nSPS) is 10.3. The Morgan fingerprint density at radius 3 is 2.27 bits per heavy atom. The molecule has 1 heterocycles. The molecular weight excluding hydrogens is 426 g/mol. The second-order valence-electron chi connectivity index (χ2n) is 6.14. The highest BCUT2D eigenvalue weighted by Gasteiger charge is 2.13. The fraction of sp³-hybridized carbons (Fsp3) is 0.0952. The lowest BCUT2D eigenvalue weighted by atomic mass is 10.1. The zero-order valence-corrected chi connectivity index (χ0v) is 17.5. The largest absolute Gasteiger partial charge is 0.375 e. The predicted molar refractivity (Wildman–Crippen MR) is 119 cm³/mol. The minimum Gasteiger partial charge on any atom is -0.375 e. The Kier molecular flexibility index (Phi) is 7.18. The monoisotopic (exact) mass is 443 g/mol. The summed E-state index contributed by atoms with van der Waals surface area (Å²) in [5.74, 6) is -0.933. The van der Waals surface area contributed by atoms with E-state index in [-0.39, 0.29) is 24.3 Å². The SMILES string of the molecule is COCC(=O)Nc1ccc(NC(=O)c2ccc(Cl)c(NC(=O)c3cccs3)c2)cc1. The molecule has 3 N–H and O–H groups in total. The molecule has 2 aromatic carbocycles. The van der Waals surface area contributed by atoms with Gasteiger partial charge in [-0.1, -0.05) is 17.7 Å². The number of carbonyl (C=O) groups excluding carboxylic acids is 3. The number of carbonyl (C=O) groups is 3. The van der Waals surface area contributed by atoms with Crippen LogP contribution in [0.2, 0.25) is 5.02 Å². The molecule has 1 aromatic heterocycles. The van der Waals surface area contributed by atoms with Gasteiger partial charge in [0.2, 0.25) is 5.91 Å². The predicted octanol–water partition coefficient (Wildman–Crippen LogP) is 4.49. The summed E-state index contributed by atoms with van der Waals surface area (Å²) in [6.07, 6.45) is 0. The van der Waals surface area contributed by atoms with E-state index in [1.54, 1.807) is 53.9 Å². The first kappa shape index (κ1) is 21.5. The van der Waals surface area contributed by atoms with Crippen molar-refractivity contribution in [3.8, 4) is 0 Å². The number of hydrogen-bond donors (Lipinski definition) is 3. The first-order chi connectivity index (χ1) is 14.5. The number of methoxy groups -OCH3 is 1. The molecule has 30 heavy (non-hydrogen) atoms. The standard InChI is InChI=1S/C21H18ClN3O4S/c1-29-12-19(26)23-14-5-7-15(8-6-14)24-20(27)13-4-9-16(22)17(11-13)25-21(28)18-3-2-10-30-18/h2-11H,12H2,1H3,(H,23,26)(H,24,27)(H,25,28). The van der Waals surface area contributed by atoms with E-state index in [2.05, 4.69) is 16.0 Å². The number of rotatable bonds is 7. The first-order valence-corrected chi connectivity index (χ1v) is 10.1. The van der Waals surface area contributed by atoms with Gasteiger partial charge in [-0.15, -0.1) is 11.3 Å². The Balaban J connectivity index is 1.66. The quantitative estimate of drug-likeness (QED) is 0.501. The van der Waals surface area contributed by atoms with E-state index in [0.29, 0.717) is 32.5 Å². The average molecular weight is 444 g/mol. The number of hydrogen-bond acceptors (Lipinski definition) is 5. The van der Waals surface area contributed by atoms with E-state index in [0.717, 1.165) is 0 Å². The number of halogens is 1. The molecule has 0 bridgehead atoms. The van der Waals surface area contributed by atoms with Crippen LogP contribution in [0.1, 0.15) is 20.0 Å². The molecule has 0 saturated carbocycles. The van der Waals surface area contributed by atoms with Crippen molar-refractivity contribution >= 4 is 57.7 Å². The van der Waals surface area contributed by atoms with Crippen LogP contribution < -0.4 is 16.0 Å². The summed E-state index contributed by atoms with van der Waals surface area (Å²) in [4.78, 5) is 36.9. The molecule has 9 heteroatoms. The number of amides is 3. The van der Waals surface area contributed by atoms with Crippen molar-refractivity contribution in [1.82, 2.24) is 0 Å². The summed E-state index contributed by atoms with van der Waals surface area (Å²) in [5, 5.41) is 10.3. The third-order valence-corrected chi connectivity index (χ3v) is 5.12. The van der Waals surface area contributed by atoms with Crippen LogP contribution in [0.4, 0.5) is 17.1 Å². The second kappa shape index (κ2) is 10.0. The molecular formula is C21H18ClN3O4S. The molecule has 3 aromatic rings. The lowest BCUT2D eigenvalue weighted by Gasteiger charge is -2.10. The molecule has 0 saturated heterocycles. The summed E-state index contributed by atoms with van der Waals surface area (Å²) in [6.45, 7) is -0.0413. The Labute approximate surface area is 182 Å². The van der Waals surface area contributed by atoms with Gasteiger partial charge in [-0.3, -0.25) is 14.4 Å². The van der Waals surface area contributed by atoms with Crippen LogP contribution in [0.15, 0.2) is 60.0 Å². The van der Waals surface area contributed by atoms with Gasteiger partial charge in [0, 0.05) is 24.0 Å². The fourth-order valence-corrected chi connectivity index (χ4v) is 3.31. The lowest BCUT2D eigenvalue weighted by Crippen LogP contribution is -2.17. The highest BCUT2D eigenvalue weighted by molar-refractivity contribution is 7.12. The molecule has 7 nitrogen and oxygen atoms in total. The van der Waals surface area contributed by atoms with Gasteiger partial charge in [-0.25, -0.2) is 0 Å². The molecule has 3 amide bonds. The topological polar surface area (TPSA) is 96.5 Å². The molecule has 3 rings (SSSR count). The molecule has 0 aliphatic heterocycles. The van der Waals surface area contributed by atoms with Crippen LogP contribution in [-0.2, 0) is 9.53 Å². The van der Waals surface area contributed by atoms with Gasteiger partial charge in [-0.05, 0) is 53.9 Å². The second-order valence-corrected chi connectivity index (χ2v) is 7.49. The summed E-state index contributed by atoms with van der Waals surface area (Å²) >= 11 is 7.47. The summed E-state index contributed by atoms with van der Waals surface area (Å²) in [5.41, 5.74) is 1.81. The maximum Gasteiger partial charge on any atom is 0.265 e. The van der Waals surface area contributed by atoms with E-state index >= 15 is 0 Å². The van der Waals surface area contributed by atoms with Crippen molar-refractivity contribution < 1.29 is 19.1 Å². The van der Waals surface area contributed by atoms with Crippen LogP contribution in [0.3, 0.4) is 0 Å². The minimum absolute atomic E-state index is 0.0413. The summed E-state index contributed by atoms with van der Waals surface area (Å²) < 4.78 is 4.76. The summed E-state index contributed by atoms with van der Waals surface area (Å²) in [7, 11) is 1.44. The fourth-order valence-electron chi connectivity index (χ4n) is 2.52. The highest BCUT2D eigenvalue weighted by atomic mass is 35.5. The minimum atomic E-state index is -0.366. The van der Waals surface area contributed by atoms with Crippen molar-refractivity contribution in [2.24, 2.45) is 0 Å². The van der Waals surface area contributed by atoms with Gasteiger partial charge in [0.05, 0.1) is 15.6 Å². The Morgan fingerprint density at radius 1 is 0.933 bits per heavy atom. The summed E-state index contributed by atoms with van der Waals surface area (Å²) in [6, 6.07) is 14.8. The number of nitrogens with one attached hydrogen (secondary N) is 3. The van der Waals surface area contributed by atoms with Crippen LogP contribution in [-0.4, -0.2) is 31.4 Å². The zero-order valence-electron chi connectivity index (χ0n) is 15.9. The molecule has 0 aliphatic rings. The molecule has 0 fully saturated rings. The van der Waals surface area contributed by atoms with Gasteiger partial charge in [0.1, 0.15) is 6.61 Å². The van der Waals surface area contributed by atoms with Crippen molar-refractivity contribution in [1.29, 1.82) is 0 Å².